The van der Waals surface area contributed by atoms with Gasteiger partial charge in [-0.1, -0.05) is 30.3 Å². The molecule has 0 saturated heterocycles. The maximum Gasteiger partial charge on any atom is 0.239 e. The molecule has 0 bridgehead atoms. The highest BCUT2D eigenvalue weighted by molar-refractivity contribution is 5.86. The molecule has 0 radical (unpaired) electrons. The Morgan fingerprint density at radius 1 is 1.37 bits per heavy atom. The van der Waals surface area contributed by atoms with Crippen molar-refractivity contribution in [1.82, 2.24) is 4.90 Å². The second-order valence-electron chi connectivity index (χ2n) is 4.90. The Balaban J connectivity index is 2.79. The van der Waals surface area contributed by atoms with E-state index in [2.05, 4.69) is 0 Å². The number of benzene rings is 1. The lowest BCUT2D eigenvalue weighted by Gasteiger charge is -2.28. The van der Waals surface area contributed by atoms with Crippen LogP contribution in [0.3, 0.4) is 0 Å². The zero-order valence-electron chi connectivity index (χ0n) is 11.5. The fourth-order valence-electron chi connectivity index (χ4n) is 1.73. The first-order chi connectivity index (χ1) is 8.75. The molecule has 1 unspecified atom stereocenters. The van der Waals surface area contributed by atoms with E-state index in [0.717, 1.165) is 0 Å². The van der Waals surface area contributed by atoms with Crippen molar-refractivity contribution in [2.75, 3.05) is 7.05 Å². The number of hydrogen-bond donors (Lipinski definition) is 2. The summed E-state index contributed by atoms with van der Waals surface area (Å²) >= 11 is 0. The lowest BCUT2D eigenvalue weighted by atomic mass is 9.92. The zero-order chi connectivity index (χ0) is 14.6. The van der Waals surface area contributed by atoms with E-state index in [9.17, 15) is 14.7 Å². The molecule has 1 aromatic carbocycles. The monoisotopic (exact) mass is 264 g/mol. The fourth-order valence-corrected chi connectivity index (χ4v) is 1.73. The Morgan fingerprint density at radius 2 is 1.89 bits per heavy atom. The van der Waals surface area contributed by atoms with Crippen LogP contribution < -0.4 is 5.73 Å². The number of rotatable bonds is 5. The lowest BCUT2D eigenvalue weighted by Crippen LogP contribution is -2.45. The first-order valence-electron chi connectivity index (χ1n) is 6.08. The molecular formula is C14H20N2O3. The summed E-state index contributed by atoms with van der Waals surface area (Å²) in [6.07, 6.45) is -0.106. The SMILES string of the molecule is C[C@H](C(N)=O)N(C)C(=O)CC(C)(O)c1ccccc1. The lowest BCUT2D eigenvalue weighted by molar-refractivity contribution is -0.141. The first kappa shape index (κ1) is 15.2. The average Bonchev–Trinajstić information content (AvgIpc) is 2.37. The summed E-state index contributed by atoms with van der Waals surface area (Å²) in [5.74, 6) is -0.907. The molecule has 0 spiro atoms. The van der Waals surface area contributed by atoms with Crippen LogP contribution in [0.2, 0.25) is 0 Å². The maximum atomic E-state index is 12.0. The summed E-state index contributed by atoms with van der Waals surface area (Å²) in [6, 6.07) is 8.24. The molecule has 5 heteroatoms. The van der Waals surface area contributed by atoms with E-state index < -0.39 is 17.6 Å². The molecular weight excluding hydrogens is 244 g/mol. The van der Waals surface area contributed by atoms with E-state index >= 15 is 0 Å². The Kier molecular flexibility index (Phi) is 4.67. The van der Waals surface area contributed by atoms with E-state index in [-0.39, 0.29) is 12.3 Å². The minimum Gasteiger partial charge on any atom is -0.385 e. The molecule has 104 valence electrons. The van der Waals surface area contributed by atoms with Gasteiger partial charge in [-0.3, -0.25) is 9.59 Å². The molecule has 0 heterocycles. The van der Waals surface area contributed by atoms with Crippen molar-refractivity contribution in [2.45, 2.75) is 31.9 Å². The van der Waals surface area contributed by atoms with Crippen molar-refractivity contribution in [3.8, 4) is 0 Å². The number of nitrogens with zero attached hydrogens (tertiary/aromatic N) is 1. The van der Waals surface area contributed by atoms with Gasteiger partial charge in [-0.15, -0.1) is 0 Å². The van der Waals surface area contributed by atoms with Gasteiger partial charge >= 0.3 is 0 Å². The molecule has 5 nitrogen and oxygen atoms in total. The zero-order valence-corrected chi connectivity index (χ0v) is 11.5. The molecule has 19 heavy (non-hydrogen) atoms. The minimum absolute atomic E-state index is 0.106. The second kappa shape index (κ2) is 5.84. The molecule has 0 aromatic heterocycles. The maximum absolute atomic E-state index is 12.0. The molecule has 1 rings (SSSR count). The number of hydrogen-bond acceptors (Lipinski definition) is 3. The van der Waals surface area contributed by atoms with Gasteiger partial charge in [-0.25, -0.2) is 0 Å². The van der Waals surface area contributed by atoms with Crippen LogP contribution >= 0.6 is 0 Å². The number of carbonyl (C=O) groups is 2. The highest BCUT2D eigenvalue weighted by atomic mass is 16.3. The summed E-state index contributed by atoms with van der Waals surface area (Å²) < 4.78 is 0. The van der Waals surface area contributed by atoms with E-state index in [4.69, 9.17) is 5.73 Å². The number of likely N-dealkylation sites (N-methyl/N-ethyl adjacent to an activating group) is 1. The van der Waals surface area contributed by atoms with Crippen LogP contribution in [0.4, 0.5) is 0 Å². The molecule has 1 aromatic rings. The molecule has 2 amide bonds. The third-order valence-corrected chi connectivity index (χ3v) is 3.28. The number of nitrogens with two attached hydrogens (primary N) is 1. The van der Waals surface area contributed by atoms with Crippen LogP contribution in [-0.4, -0.2) is 34.9 Å². The molecule has 0 fully saturated rings. The van der Waals surface area contributed by atoms with Crippen LogP contribution in [0.25, 0.3) is 0 Å². The van der Waals surface area contributed by atoms with Crippen molar-refractivity contribution in [1.29, 1.82) is 0 Å². The van der Waals surface area contributed by atoms with Gasteiger partial charge in [-0.05, 0) is 19.4 Å². The normalized spacial score (nSPS) is 15.4. The molecule has 0 saturated carbocycles. The highest BCUT2D eigenvalue weighted by Gasteiger charge is 2.30. The van der Waals surface area contributed by atoms with Crippen LogP contribution in [0, 0.1) is 0 Å². The van der Waals surface area contributed by atoms with Gasteiger partial charge in [0.1, 0.15) is 6.04 Å². The Hall–Kier alpha value is -1.88. The summed E-state index contributed by atoms with van der Waals surface area (Å²) in [7, 11) is 1.50. The number of primary amides is 1. The number of carbonyl (C=O) groups excluding carboxylic acids is 2. The summed E-state index contributed by atoms with van der Waals surface area (Å²) in [5, 5.41) is 10.4. The average molecular weight is 264 g/mol. The first-order valence-corrected chi connectivity index (χ1v) is 6.08. The van der Waals surface area contributed by atoms with E-state index in [0.29, 0.717) is 5.56 Å². The van der Waals surface area contributed by atoms with Gasteiger partial charge in [0.05, 0.1) is 12.0 Å². The van der Waals surface area contributed by atoms with Crippen LogP contribution in [-0.2, 0) is 15.2 Å². The molecule has 0 aliphatic rings. The summed E-state index contributed by atoms with van der Waals surface area (Å²) in [4.78, 5) is 24.3. The van der Waals surface area contributed by atoms with Crippen LogP contribution in [0.15, 0.2) is 30.3 Å². The van der Waals surface area contributed by atoms with Gasteiger partial charge in [0.15, 0.2) is 0 Å². The van der Waals surface area contributed by atoms with Crippen LogP contribution in [0.1, 0.15) is 25.8 Å². The fraction of sp³-hybridized carbons (Fsp3) is 0.429. The van der Waals surface area contributed by atoms with Crippen molar-refractivity contribution in [3.05, 3.63) is 35.9 Å². The van der Waals surface area contributed by atoms with Gasteiger partial charge in [0.25, 0.3) is 0 Å². The minimum atomic E-state index is -1.27. The summed E-state index contributed by atoms with van der Waals surface area (Å²) in [5.41, 5.74) is 4.54. The van der Waals surface area contributed by atoms with Crippen molar-refractivity contribution < 1.29 is 14.7 Å². The predicted octanol–water partition coefficient (Wildman–Crippen LogP) is 0.616. The molecule has 0 aliphatic heterocycles. The molecule has 3 N–H and O–H groups in total. The van der Waals surface area contributed by atoms with E-state index in [1.807, 2.05) is 6.07 Å². The van der Waals surface area contributed by atoms with Crippen molar-refractivity contribution >= 4 is 11.8 Å². The number of amides is 2. The summed E-state index contributed by atoms with van der Waals surface area (Å²) in [6.45, 7) is 3.13. The third kappa shape index (κ3) is 3.79. The Bertz CT molecular complexity index is 457. The number of aliphatic hydroxyl groups is 1. The van der Waals surface area contributed by atoms with Gasteiger partial charge in [-0.2, -0.15) is 0 Å². The van der Waals surface area contributed by atoms with Crippen LogP contribution in [0.5, 0.6) is 0 Å². The molecule has 0 aliphatic carbocycles. The van der Waals surface area contributed by atoms with Gasteiger partial charge < -0.3 is 15.7 Å². The van der Waals surface area contributed by atoms with Gasteiger partial charge in [0.2, 0.25) is 11.8 Å². The molecule has 2 atom stereocenters. The quantitative estimate of drug-likeness (QED) is 0.817. The van der Waals surface area contributed by atoms with E-state index in [1.165, 1.54) is 11.9 Å². The van der Waals surface area contributed by atoms with E-state index in [1.54, 1.807) is 38.1 Å². The second-order valence-corrected chi connectivity index (χ2v) is 4.90. The largest absolute Gasteiger partial charge is 0.385 e. The highest BCUT2D eigenvalue weighted by Crippen LogP contribution is 2.25. The van der Waals surface area contributed by atoms with Gasteiger partial charge in [0, 0.05) is 7.05 Å². The standard InChI is InChI=1S/C14H20N2O3/c1-10(13(15)18)16(3)12(17)9-14(2,19)11-7-5-4-6-8-11/h4-8,10,19H,9H2,1-3H3,(H2,15,18)/t10-,14?/m1/s1. The third-order valence-electron chi connectivity index (χ3n) is 3.28. The predicted molar refractivity (Wildman–Crippen MR) is 72.1 cm³/mol. The Labute approximate surface area is 113 Å². The Morgan fingerprint density at radius 3 is 2.37 bits per heavy atom. The van der Waals surface area contributed by atoms with Crippen molar-refractivity contribution in [3.63, 3.8) is 0 Å². The van der Waals surface area contributed by atoms with Crippen molar-refractivity contribution in [2.24, 2.45) is 5.73 Å². The topological polar surface area (TPSA) is 83.6 Å². The smallest absolute Gasteiger partial charge is 0.239 e.